The standard InChI is InChI=1S/C13H23N3O6S/c1-10(17)14-4-5-15-12(18)13(19)16(6-7-22-2)11-3-8-23(20,21)9-11/h11H,3-9H2,1-2H3,(H,14,17)(H,15,18). The minimum Gasteiger partial charge on any atom is -0.383 e. The third-order valence-electron chi connectivity index (χ3n) is 3.43. The van der Waals surface area contributed by atoms with Gasteiger partial charge in [-0.15, -0.1) is 0 Å². The van der Waals surface area contributed by atoms with Crippen molar-refractivity contribution in [3.05, 3.63) is 0 Å². The smallest absolute Gasteiger partial charge is 0.312 e. The summed E-state index contributed by atoms with van der Waals surface area (Å²) in [6.07, 6.45) is 0.316. The molecule has 1 fully saturated rings. The number of carbonyl (C=O) groups excluding carboxylic acids is 3. The lowest BCUT2D eigenvalue weighted by Crippen LogP contribution is -2.50. The molecule has 23 heavy (non-hydrogen) atoms. The molecule has 1 rings (SSSR count). The van der Waals surface area contributed by atoms with Crippen molar-refractivity contribution < 1.29 is 27.5 Å². The van der Waals surface area contributed by atoms with E-state index < -0.39 is 27.7 Å². The van der Waals surface area contributed by atoms with Crippen LogP contribution in [0.15, 0.2) is 0 Å². The fraction of sp³-hybridized carbons (Fsp3) is 0.769. The van der Waals surface area contributed by atoms with Gasteiger partial charge in [-0.3, -0.25) is 14.4 Å². The number of amides is 3. The van der Waals surface area contributed by atoms with Crippen molar-refractivity contribution in [3.8, 4) is 0 Å². The van der Waals surface area contributed by atoms with E-state index in [-0.39, 0.29) is 43.7 Å². The first-order valence-electron chi connectivity index (χ1n) is 7.29. The number of carbonyl (C=O) groups is 3. The molecule has 1 atom stereocenters. The van der Waals surface area contributed by atoms with Gasteiger partial charge in [0.2, 0.25) is 5.91 Å². The highest BCUT2D eigenvalue weighted by atomic mass is 32.2. The van der Waals surface area contributed by atoms with E-state index in [2.05, 4.69) is 10.6 Å². The van der Waals surface area contributed by atoms with Crippen LogP contribution in [0.25, 0.3) is 0 Å². The van der Waals surface area contributed by atoms with Crippen LogP contribution in [-0.2, 0) is 29.0 Å². The fourth-order valence-electron chi connectivity index (χ4n) is 2.28. The fourth-order valence-corrected chi connectivity index (χ4v) is 4.01. The summed E-state index contributed by atoms with van der Waals surface area (Å²) in [5.41, 5.74) is 0. The predicted octanol–water partition coefficient (Wildman–Crippen LogP) is -2.10. The number of hydrogen-bond acceptors (Lipinski definition) is 6. The lowest BCUT2D eigenvalue weighted by atomic mass is 10.2. The van der Waals surface area contributed by atoms with Crippen LogP contribution in [0.3, 0.4) is 0 Å². The highest BCUT2D eigenvalue weighted by Gasteiger charge is 2.36. The molecule has 1 unspecified atom stereocenters. The number of nitrogens with one attached hydrogen (secondary N) is 2. The topological polar surface area (TPSA) is 122 Å². The van der Waals surface area contributed by atoms with Crippen molar-refractivity contribution in [2.45, 2.75) is 19.4 Å². The average molecular weight is 349 g/mol. The number of methoxy groups -OCH3 is 1. The van der Waals surface area contributed by atoms with E-state index in [0.29, 0.717) is 6.42 Å². The summed E-state index contributed by atoms with van der Waals surface area (Å²) < 4.78 is 28.1. The zero-order valence-corrected chi connectivity index (χ0v) is 14.1. The molecule has 0 aromatic heterocycles. The lowest BCUT2D eigenvalue weighted by Gasteiger charge is -2.27. The maximum atomic E-state index is 12.3. The molecule has 0 saturated carbocycles. The first-order valence-corrected chi connectivity index (χ1v) is 9.11. The number of nitrogens with zero attached hydrogens (tertiary/aromatic N) is 1. The molecule has 0 aromatic rings. The Labute approximate surface area is 135 Å². The molecular weight excluding hydrogens is 326 g/mol. The van der Waals surface area contributed by atoms with E-state index in [0.717, 1.165) is 0 Å². The highest BCUT2D eigenvalue weighted by molar-refractivity contribution is 7.91. The van der Waals surface area contributed by atoms with Gasteiger partial charge in [0.15, 0.2) is 9.84 Å². The van der Waals surface area contributed by atoms with Crippen molar-refractivity contribution >= 4 is 27.6 Å². The van der Waals surface area contributed by atoms with E-state index in [1.807, 2.05) is 0 Å². The van der Waals surface area contributed by atoms with Gasteiger partial charge in [-0.05, 0) is 6.42 Å². The van der Waals surface area contributed by atoms with Gasteiger partial charge in [0.25, 0.3) is 0 Å². The Morgan fingerprint density at radius 3 is 2.39 bits per heavy atom. The van der Waals surface area contributed by atoms with E-state index >= 15 is 0 Å². The Morgan fingerprint density at radius 1 is 1.22 bits per heavy atom. The summed E-state index contributed by atoms with van der Waals surface area (Å²) in [6.45, 7) is 2.03. The number of sulfone groups is 1. The molecule has 0 spiro atoms. The summed E-state index contributed by atoms with van der Waals surface area (Å²) in [6, 6.07) is -0.510. The molecule has 0 aromatic carbocycles. The average Bonchev–Trinajstić information content (AvgIpc) is 2.83. The molecule has 132 valence electrons. The Morgan fingerprint density at radius 2 is 1.87 bits per heavy atom. The number of rotatable bonds is 7. The summed E-state index contributed by atoms with van der Waals surface area (Å²) in [7, 11) is -1.71. The van der Waals surface area contributed by atoms with Gasteiger partial charge in [-0.1, -0.05) is 0 Å². The summed E-state index contributed by atoms with van der Waals surface area (Å²) in [5, 5.41) is 4.90. The number of hydrogen-bond donors (Lipinski definition) is 2. The van der Waals surface area contributed by atoms with Crippen LogP contribution < -0.4 is 10.6 Å². The summed E-state index contributed by atoms with van der Waals surface area (Å²) >= 11 is 0. The van der Waals surface area contributed by atoms with Gasteiger partial charge < -0.3 is 20.3 Å². The monoisotopic (exact) mass is 349 g/mol. The second-order valence-corrected chi connectivity index (χ2v) is 7.52. The molecule has 0 bridgehead atoms. The second-order valence-electron chi connectivity index (χ2n) is 5.29. The van der Waals surface area contributed by atoms with Crippen LogP contribution in [0.2, 0.25) is 0 Å². The third-order valence-corrected chi connectivity index (χ3v) is 5.18. The van der Waals surface area contributed by atoms with Gasteiger partial charge >= 0.3 is 11.8 Å². The van der Waals surface area contributed by atoms with Crippen LogP contribution in [0.4, 0.5) is 0 Å². The van der Waals surface area contributed by atoms with Crippen LogP contribution in [0.5, 0.6) is 0 Å². The normalized spacial score (nSPS) is 19.1. The van der Waals surface area contributed by atoms with Crippen LogP contribution >= 0.6 is 0 Å². The van der Waals surface area contributed by atoms with Gasteiger partial charge in [0, 0.05) is 39.7 Å². The lowest BCUT2D eigenvalue weighted by molar-refractivity contribution is -0.147. The van der Waals surface area contributed by atoms with Crippen molar-refractivity contribution in [2.75, 3.05) is 44.9 Å². The van der Waals surface area contributed by atoms with Gasteiger partial charge in [0.1, 0.15) is 0 Å². The first kappa shape index (κ1) is 19.4. The van der Waals surface area contributed by atoms with Gasteiger partial charge in [-0.2, -0.15) is 0 Å². The molecule has 1 aliphatic rings. The maximum absolute atomic E-state index is 12.3. The zero-order chi connectivity index (χ0) is 17.5. The molecule has 1 heterocycles. The summed E-state index contributed by atoms with van der Waals surface area (Å²) in [4.78, 5) is 36.1. The Kier molecular flexibility index (Phi) is 7.43. The van der Waals surface area contributed by atoms with Crippen molar-refractivity contribution in [2.24, 2.45) is 0 Å². The van der Waals surface area contributed by atoms with E-state index in [9.17, 15) is 22.8 Å². The minimum atomic E-state index is -3.17. The Balaban J connectivity index is 2.61. The molecular formula is C13H23N3O6S. The number of ether oxygens (including phenoxy) is 1. The molecule has 3 amide bonds. The molecule has 0 radical (unpaired) electrons. The Hall–Kier alpha value is -1.68. The molecule has 0 aliphatic carbocycles. The minimum absolute atomic E-state index is 0.0125. The van der Waals surface area contributed by atoms with Crippen LogP contribution in [-0.4, -0.2) is 81.9 Å². The largest absolute Gasteiger partial charge is 0.383 e. The maximum Gasteiger partial charge on any atom is 0.312 e. The molecule has 9 nitrogen and oxygen atoms in total. The van der Waals surface area contributed by atoms with Crippen LogP contribution in [0.1, 0.15) is 13.3 Å². The van der Waals surface area contributed by atoms with Crippen molar-refractivity contribution in [3.63, 3.8) is 0 Å². The molecule has 10 heteroatoms. The van der Waals surface area contributed by atoms with Gasteiger partial charge in [-0.25, -0.2) is 8.42 Å². The van der Waals surface area contributed by atoms with Crippen molar-refractivity contribution in [1.29, 1.82) is 0 Å². The highest BCUT2D eigenvalue weighted by Crippen LogP contribution is 2.17. The quantitative estimate of drug-likeness (QED) is 0.401. The van der Waals surface area contributed by atoms with Crippen molar-refractivity contribution in [1.82, 2.24) is 15.5 Å². The predicted molar refractivity (Wildman–Crippen MR) is 82.3 cm³/mol. The zero-order valence-electron chi connectivity index (χ0n) is 13.3. The van der Waals surface area contributed by atoms with E-state index in [4.69, 9.17) is 4.74 Å². The second kappa shape index (κ2) is 8.82. The Bertz CT molecular complexity index is 548. The molecule has 1 saturated heterocycles. The molecule has 1 aliphatic heterocycles. The van der Waals surface area contributed by atoms with Crippen LogP contribution in [0, 0.1) is 0 Å². The third kappa shape index (κ3) is 6.53. The van der Waals surface area contributed by atoms with Gasteiger partial charge in [0.05, 0.1) is 18.1 Å². The first-order chi connectivity index (χ1) is 10.8. The molecule has 2 N–H and O–H groups in total. The summed E-state index contributed by atoms with van der Waals surface area (Å²) in [5.74, 6) is -1.97. The SMILES string of the molecule is COCCN(C(=O)C(=O)NCCNC(C)=O)C1CCS(=O)(=O)C1. The van der Waals surface area contributed by atoms with E-state index in [1.54, 1.807) is 0 Å². The van der Waals surface area contributed by atoms with E-state index in [1.165, 1.54) is 18.9 Å².